The van der Waals surface area contributed by atoms with Gasteiger partial charge in [-0.1, -0.05) is 458 Å². The summed E-state index contributed by atoms with van der Waals surface area (Å²) in [5.74, 6) is -0.309. The minimum Gasteiger partial charge on any atom is -0.314 e. The second kappa shape index (κ2) is 33.4. The van der Waals surface area contributed by atoms with E-state index in [9.17, 15) is 0 Å². The van der Waals surface area contributed by atoms with Crippen molar-refractivity contribution < 1.29 is 0 Å². The number of allylic oxidation sites excluding steroid dienone is 17. The Kier molecular flexibility index (Phi) is 20.2. The molecular weight excluding hydrogens is 1570 g/mol. The van der Waals surface area contributed by atoms with Crippen LogP contribution in [0.2, 0.25) is 0 Å². The molecule has 4 nitrogen and oxygen atoms in total. The van der Waals surface area contributed by atoms with E-state index in [-0.39, 0.29) is 18.5 Å². The first-order valence-electron chi connectivity index (χ1n) is 45.5. The van der Waals surface area contributed by atoms with Gasteiger partial charge in [0.25, 0.3) is 6.71 Å². The van der Waals surface area contributed by atoms with Gasteiger partial charge in [-0.15, -0.1) is 0 Å². The molecule has 0 spiro atoms. The van der Waals surface area contributed by atoms with Gasteiger partial charge in [0, 0.05) is 89.9 Å². The summed E-state index contributed by atoms with van der Waals surface area (Å²) in [6.45, 7) is 6.88. The molecule has 2 aliphatic heterocycles. The number of nitrogens with zero attached hydrogens (tertiary/aromatic N) is 4. The number of hydrogen-bond acceptors (Lipinski definition) is 2. The quantitative estimate of drug-likeness (QED) is 0.0897. The SMILES string of the molecule is CC(C)(C)c1cc2c3c(c1)N(c1c(-c4cccc(-c5ccccc5)c4)cccc1-c1cccc(-c4ccccc4)c1)c1cc(-n4c(-c5ccccc5)c5ccccc5c4-c4ccccc4)ccc1B3c1ccc(-n3c(-c4ccccc4)c4ccccc4c3-c3ccccc3)cc1N2C1=C(c2cccc(C3C=CC=CC=C3)c2)C=CC=CC1c1cccc(C2=CCC=CC=C2)c1. The largest absolute Gasteiger partial charge is 0.314 e. The minimum atomic E-state index is -0.439. The summed E-state index contributed by atoms with van der Waals surface area (Å²) in [4.78, 5) is 5.55. The van der Waals surface area contributed by atoms with Crippen molar-refractivity contribution in [1.82, 2.24) is 9.13 Å². The molecule has 0 radical (unpaired) electrons. The molecular formula is C125H93BN4. The highest BCUT2D eigenvalue weighted by Crippen LogP contribution is 2.56. The van der Waals surface area contributed by atoms with Crippen molar-refractivity contribution in [1.29, 1.82) is 0 Å². The summed E-state index contributed by atoms with van der Waals surface area (Å²) in [7, 11) is 0. The second-order valence-corrected chi connectivity index (χ2v) is 35.6. The Balaban J connectivity index is 0.894. The predicted octanol–water partition coefficient (Wildman–Crippen LogP) is 30.9. The zero-order chi connectivity index (χ0) is 86.8. The van der Waals surface area contributed by atoms with Crippen LogP contribution in [0.25, 0.3) is 134 Å². The molecule has 23 rings (SSSR count). The monoisotopic (exact) mass is 1660 g/mol. The van der Waals surface area contributed by atoms with E-state index in [1.807, 2.05) is 0 Å². The Bertz CT molecular complexity index is 7500. The highest BCUT2D eigenvalue weighted by atomic mass is 15.2. The van der Waals surface area contributed by atoms with Crippen molar-refractivity contribution in [2.24, 2.45) is 0 Å². The maximum atomic E-state index is 2.79. The third-order valence-electron chi connectivity index (χ3n) is 26.8. The fourth-order valence-electron chi connectivity index (χ4n) is 20.8. The second-order valence-electron chi connectivity index (χ2n) is 35.6. The van der Waals surface area contributed by atoms with Crippen molar-refractivity contribution in [3.8, 4) is 101 Å². The Morgan fingerprint density at radius 3 is 1.19 bits per heavy atom. The molecule has 130 heavy (non-hydrogen) atoms. The molecule has 1 unspecified atom stereocenters. The number of benzene rings is 16. The predicted molar refractivity (Wildman–Crippen MR) is 552 cm³/mol. The molecule has 5 heteroatoms. The molecule has 2 aromatic heterocycles. The van der Waals surface area contributed by atoms with E-state index in [1.165, 1.54) is 65.8 Å². The molecule has 0 bridgehead atoms. The third-order valence-corrected chi connectivity index (χ3v) is 26.8. The van der Waals surface area contributed by atoms with Crippen LogP contribution in [0.5, 0.6) is 0 Å². The molecule has 0 amide bonds. The zero-order valence-corrected chi connectivity index (χ0v) is 72.9. The lowest BCUT2D eigenvalue weighted by Gasteiger charge is -2.47. The summed E-state index contributed by atoms with van der Waals surface area (Å²) >= 11 is 0. The first-order valence-corrected chi connectivity index (χ1v) is 45.5. The Morgan fingerprint density at radius 2 is 0.692 bits per heavy atom. The summed E-state index contributed by atoms with van der Waals surface area (Å²) in [6, 6.07) is 149. The number of aromatic nitrogens is 2. The fraction of sp³-hybridized carbons (Fsp3) is 0.0560. The smallest absolute Gasteiger partial charge is 0.252 e. The lowest BCUT2D eigenvalue weighted by molar-refractivity contribution is 0.590. The van der Waals surface area contributed by atoms with Crippen LogP contribution in [-0.4, -0.2) is 15.8 Å². The van der Waals surface area contributed by atoms with E-state index in [2.05, 4.69) is 525 Å². The van der Waals surface area contributed by atoms with Crippen LogP contribution in [0.1, 0.15) is 66.8 Å². The Hall–Kier alpha value is -16.1. The van der Waals surface area contributed by atoms with Gasteiger partial charge in [0.05, 0.1) is 28.5 Å². The van der Waals surface area contributed by atoms with E-state index < -0.39 is 5.41 Å². The van der Waals surface area contributed by atoms with Crippen LogP contribution in [0.4, 0.5) is 28.4 Å². The van der Waals surface area contributed by atoms with Crippen LogP contribution >= 0.6 is 0 Å². The molecule has 18 aromatic rings. The van der Waals surface area contributed by atoms with Crippen LogP contribution < -0.4 is 26.2 Å². The summed E-state index contributed by atoms with van der Waals surface area (Å²) < 4.78 is 5.18. The van der Waals surface area contributed by atoms with Crippen LogP contribution in [-0.2, 0) is 5.41 Å². The van der Waals surface area contributed by atoms with Crippen LogP contribution in [0, 0.1) is 0 Å². The summed E-state index contributed by atoms with van der Waals surface area (Å²) in [5, 5.41) is 4.70. The Labute approximate surface area is 762 Å². The molecule has 0 saturated carbocycles. The highest BCUT2D eigenvalue weighted by Gasteiger charge is 2.47. The van der Waals surface area contributed by atoms with Gasteiger partial charge in [0.2, 0.25) is 0 Å². The first-order chi connectivity index (χ1) is 64.2. The van der Waals surface area contributed by atoms with E-state index in [0.717, 1.165) is 153 Å². The molecule has 616 valence electrons. The van der Waals surface area contributed by atoms with Gasteiger partial charge < -0.3 is 18.9 Å². The van der Waals surface area contributed by atoms with E-state index in [0.29, 0.717) is 0 Å². The number of fused-ring (bicyclic) bond motifs is 6. The van der Waals surface area contributed by atoms with Gasteiger partial charge in [-0.25, -0.2) is 0 Å². The highest BCUT2D eigenvalue weighted by molar-refractivity contribution is 7.00. The molecule has 4 heterocycles. The van der Waals surface area contributed by atoms with Crippen LogP contribution in [0.15, 0.2) is 491 Å². The molecule has 0 fully saturated rings. The number of rotatable bonds is 16. The van der Waals surface area contributed by atoms with Gasteiger partial charge in [0.1, 0.15) is 0 Å². The van der Waals surface area contributed by atoms with Crippen molar-refractivity contribution in [3.63, 3.8) is 0 Å². The molecule has 0 saturated heterocycles. The lowest BCUT2D eigenvalue weighted by Crippen LogP contribution is -2.62. The number of hydrogen-bond donors (Lipinski definition) is 0. The van der Waals surface area contributed by atoms with E-state index in [1.54, 1.807) is 0 Å². The van der Waals surface area contributed by atoms with E-state index in [4.69, 9.17) is 0 Å². The standard InChI is InChI=1S/C125H93BN4/c1-125(2,3)101-81-116-118-117(82-101)130(124-106(99-63-38-59-95(79-99)87-45-18-8-19-46-87)71-40-72-107(124)100-64-39-60-96(80-100)88-47-20-9-21-48-88)115-84-103(128-121(91-53-26-12-27-54-91)110-69-34-35-70-111(110)122(128)92-55-28-13-29-56-92)74-76-113(115)126(118)112-75-73-102(127-119(89-49-22-10-23-50-89)108-67-32-33-68-109(108)120(127)90-51-24-11-25-52-90)83-114(112)129(116)123-104(97-61-36-57-93(77-97)85-41-14-4-5-15-42-85)65-30-31-66-105(123)98-62-37-58-94(78-98)86-43-16-6-7-17-44-86/h4-16,18-85,105H,17H2,1-3H3. The normalized spacial score (nSPS) is 14.5. The molecule has 3 aliphatic carbocycles. The van der Waals surface area contributed by atoms with Gasteiger partial charge in [-0.05, 0) is 166 Å². The van der Waals surface area contributed by atoms with Crippen molar-refractivity contribution >= 4 is 84.2 Å². The van der Waals surface area contributed by atoms with Crippen molar-refractivity contribution in [3.05, 3.63) is 519 Å². The summed E-state index contributed by atoms with van der Waals surface area (Å²) in [5.41, 5.74) is 38.0. The lowest BCUT2D eigenvalue weighted by atomic mass is 9.33. The molecule has 5 aliphatic rings. The van der Waals surface area contributed by atoms with Gasteiger partial charge in [-0.3, -0.25) is 0 Å². The van der Waals surface area contributed by atoms with E-state index >= 15 is 0 Å². The van der Waals surface area contributed by atoms with Gasteiger partial charge in [0.15, 0.2) is 0 Å². The first kappa shape index (κ1) is 78.6. The average molecular weight is 1660 g/mol. The molecule has 0 N–H and O–H groups in total. The summed E-state index contributed by atoms with van der Waals surface area (Å²) in [6.07, 6.45) is 34.9. The van der Waals surface area contributed by atoms with Gasteiger partial charge in [-0.2, -0.15) is 0 Å². The molecule has 16 aromatic carbocycles. The maximum Gasteiger partial charge on any atom is 0.252 e. The zero-order valence-electron chi connectivity index (χ0n) is 72.9. The third kappa shape index (κ3) is 14.1. The average Bonchev–Trinajstić information content (AvgIpc) is 1.14. The Morgan fingerprint density at radius 1 is 0.292 bits per heavy atom. The van der Waals surface area contributed by atoms with Crippen molar-refractivity contribution in [2.75, 3.05) is 9.80 Å². The van der Waals surface area contributed by atoms with Gasteiger partial charge >= 0.3 is 0 Å². The minimum absolute atomic E-state index is 0.0337. The number of para-hydroxylation sites is 1. The topological polar surface area (TPSA) is 16.3 Å². The van der Waals surface area contributed by atoms with Crippen molar-refractivity contribution in [2.45, 2.75) is 44.4 Å². The fourth-order valence-corrected chi connectivity index (χ4v) is 20.8. The maximum absolute atomic E-state index is 2.79. The number of anilines is 5. The van der Waals surface area contributed by atoms with Crippen LogP contribution in [0.3, 0.4) is 0 Å². The molecule has 1 atom stereocenters.